The molecule has 6 nitrogen and oxygen atoms in total. The smallest absolute Gasteiger partial charge is 0.257 e. The Hall–Kier alpha value is -3.02. The molecule has 0 spiro atoms. The number of hydrogen-bond donors (Lipinski definition) is 2. The molecule has 0 aliphatic rings. The minimum absolute atomic E-state index is 0.122. The number of hydrogen-bond acceptors (Lipinski definition) is 4. The monoisotopic (exact) mass is 356 g/mol. The Labute approximate surface area is 153 Å². The Bertz CT molecular complexity index is 742. The number of nitrogens with one attached hydrogen (secondary N) is 1. The molecule has 138 valence electrons. The van der Waals surface area contributed by atoms with Crippen LogP contribution in [0, 0.1) is 0 Å². The van der Waals surface area contributed by atoms with Crippen LogP contribution in [0.5, 0.6) is 11.5 Å². The van der Waals surface area contributed by atoms with Gasteiger partial charge in [-0.15, -0.1) is 0 Å². The van der Waals surface area contributed by atoms with E-state index < -0.39 is 5.91 Å². The topological polar surface area (TPSA) is 90.7 Å². The predicted molar refractivity (Wildman–Crippen MR) is 99.4 cm³/mol. The van der Waals surface area contributed by atoms with E-state index in [9.17, 15) is 9.59 Å². The maximum Gasteiger partial charge on any atom is 0.257 e. The minimum atomic E-state index is -0.537. The van der Waals surface area contributed by atoms with Gasteiger partial charge in [0.05, 0.1) is 6.10 Å². The van der Waals surface area contributed by atoms with Gasteiger partial charge in [-0.1, -0.05) is 18.2 Å². The summed E-state index contributed by atoms with van der Waals surface area (Å²) >= 11 is 0. The molecule has 0 radical (unpaired) electrons. The SMILES string of the molecule is CC(C)Oc1ccc(CCNC(=O)COc2cccc(C(N)=O)c2)cc1. The molecule has 0 fully saturated rings. The van der Waals surface area contributed by atoms with Gasteiger partial charge in [-0.05, 0) is 56.2 Å². The molecule has 2 amide bonds. The fraction of sp³-hybridized carbons (Fsp3) is 0.300. The molecule has 0 saturated heterocycles. The molecular weight excluding hydrogens is 332 g/mol. The van der Waals surface area contributed by atoms with Crippen molar-refractivity contribution in [2.45, 2.75) is 26.4 Å². The highest BCUT2D eigenvalue weighted by Gasteiger charge is 2.05. The van der Waals surface area contributed by atoms with Gasteiger partial charge in [0.15, 0.2) is 6.61 Å². The standard InChI is InChI=1S/C20H24N2O4/c1-14(2)26-17-8-6-15(7-9-17)10-11-22-19(23)13-25-18-5-3-4-16(12-18)20(21)24/h3-9,12,14H,10-11,13H2,1-2H3,(H2,21,24)(H,22,23). The zero-order chi connectivity index (χ0) is 18.9. The average molecular weight is 356 g/mol. The number of ether oxygens (including phenoxy) is 2. The van der Waals surface area contributed by atoms with Crippen molar-refractivity contribution >= 4 is 11.8 Å². The molecule has 0 heterocycles. The summed E-state index contributed by atoms with van der Waals surface area (Å²) < 4.78 is 11.0. The molecule has 0 aromatic heterocycles. The summed E-state index contributed by atoms with van der Waals surface area (Å²) in [6.07, 6.45) is 0.856. The number of benzene rings is 2. The van der Waals surface area contributed by atoms with Crippen LogP contribution in [0.1, 0.15) is 29.8 Å². The van der Waals surface area contributed by atoms with Gasteiger partial charge in [0.2, 0.25) is 5.91 Å². The van der Waals surface area contributed by atoms with Gasteiger partial charge in [-0.25, -0.2) is 0 Å². The Kier molecular flexibility index (Phi) is 7.02. The van der Waals surface area contributed by atoms with Crippen molar-refractivity contribution in [3.63, 3.8) is 0 Å². The van der Waals surface area contributed by atoms with E-state index in [1.165, 1.54) is 6.07 Å². The van der Waals surface area contributed by atoms with Crippen LogP contribution in [-0.2, 0) is 11.2 Å². The average Bonchev–Trinajstić information content (AvgIpc) is 2.61. The summed E-state index contributed by atoms with van der Waals surface area (Å²) in [7, 11) is 0. The van der Waals surface area contributed by atoms with Crippen molar-refractivity contribution in [2.75, 3.05) is 13.2 Å². The number of carbonyl (C=O) groups is 2. The first-order valence-electron chi connectivity index (χ1n) is 8.49. The van der Waals surface area contributed by atoms with Gasteiger partial charge < -0.3 is 20.5 Å². The van der Waals surface area contributed by atoms with E-state index in [0.717, 1.165) is 11.3 Å². The number of amides is 2. The zero-order valence-electron chi connectivity index (χ0n) is 15.0. The Morgan fingerprint density at radius 1 is 1.08 bits per heavy atom. The van der Waals surface area contributed by atoms with Gasteiger partial charge in [0, 0.05) is 12.1 Å². The van der Waals surface area contributed by atoms with E-state index >= 15 is 0 Å². The van der Waals surface area contributed by atoms with Crippen molar-refractivity contribution in [1.29, 1.82) is 0 Å². The maximum absolute atomic E-state index is 11.9. The summed E-state index contributed by atoms with van der Waals surface area (Å²) in [5, 5.41) is 2.80. The van der Waals surface area contributed by atoms with Gasteiger partial charge >= 0.3 is 0 Å². The largest absolute Gasteiger partial charge is 0.491 e. The van der Waals surface area contributed by atoms with Crippen molar-refractivity contribution in [3.05, 3.63) is 59.7 Å². The lowest BCUT2D eigenvalue weighted by Crippen LogP contribution is -2.30. The number of nitrogens with two attached hydrogens (primary N) is 1. The lowest BCUT2D eigenvalue weighted by atomic mass is 10.1. The fourth-order valence-electron chi connectivity index (χ4n) is 2.29. The highest BCUT2D eigenvalue weighted by Crippen LogP contribution is 2.14. The van der Waals surface area contributed by atoms with Crippen molar-refractivity contribution in [2.24, 2.45) is 5.73 Å². The molecule has 0 saturated carbocycles. The first kappa shape index (κ1) is 19.3. The third kappa shape index (κ3) is 6.47. The van der Waals surface area contributed by atoms with Crippen LogP contribution < -0.4 is 20.5 Å². The van der Waals surface area contributed by atoms with Crippen LogP contribution in [0.4, 0.5) is 0 Å². The van der Waals surface area contributed by atoms with Crippen LogP contribution in [-0.4, -0.2) is 31.1 Å². The van der Waals surface area contributed by atoms with Crippen LogP contribution >= 0.6 is 0 Å². The Morgan fingerprint density at radius 2 is 1.81 bits per heavy atom. The molecule has 2 rings (SSSR count). The third-order valence-electron chi connectivity index (χ3n) is 3.52. The molecule has 2 aromatic rings. The lowest BCUT2D eigenvalue weighted by Gasteiger charge is -2.10. The first-order valence-corrected chi connectivity index (χ1v) is 8.49. The number of rotatable bonds is 9. The quantitative estimate of drug-likeness (QED) is 0.721. The summed E-state index contributed by atoms with van der Waals surface area (Å²) in [6, 6.07) is 14.2. The van der Waals surface area contributed by atoms with Gasteiger partial charge in [0.1, 0.15) is 11.5 Å². The second-order valence-electron chi connectivity index (χ2n) is 6.09. The van der Waals surface area contributed by atoms with E-state index in [2.05, 4.69) is 5.32 Å². The fourth-order valence-corrected chi connectivity index (χ4v) is 2.29. The normalized spacial score (nSPS) is 10.4. The first-order chi connectivity index (χ1) is 12.4. The second-order valence-corrected chi connectivity index (χ2v) is 6.09. The molecular formula is C20H24N2O4. The molecule has 3 N–H and O–H groups in total. The summed E-state index contributed by atoms with van der Waals surface area (Å²) in [5.41, 5.74) is 6.66. The van der Waals surface area contributed by atoms with E-state index in [-0.39, 0.29) is 18.6 Å². The van der Waals surface area contributed by atoms with Gasteiger partial charge in [0.25, 0.3) is 5.91 Å². The van der Waals surface area contributed by atoms with Crippen molar-refractivity contribution < 1.29 is 19.1 Å². The van der Waals surface area contributed by atoms with E-state index in [1.807, 2.05) is 38.1 Å². The van der Waals surface area contributed by atoms with Crippen LogP contribution in [0.3, 0.4) is 0 Å². The molecule has 26 heavy (non-hydrogen) atoms. The highest BCUT2D eigenvalue weighted by atomic mass is 16.5. The van der Waals surface area contributed by atoms with Gasteiger partial charge in [-0.2, -0.15) is 0 Å². The van der Waals surface area contributed by atoms with Crippen molar-refractivity contribution in [3.8, 4) is 11.5 Å². The second kappa shape index (κ2) is 9.46. The predicted octanol–water partition coefficient (Wildman–Crippen LogP) is 2.31. The summed E-state index contributed by atoms with van der Waals surface area (Å²) in [5.74, 6) is 0.496. The molecule has 0 bridgehead atoms. The molecule has 0 aliphatic carbocycles. The molecule has 0 aliphatic heterocycles. The molecule has 0 atom stereocenters. The Morgan fingerprint density at radius 3 is 2.46 bits per heavy atom. The molecule has 6 heteroatoms. The zero-order valence-corrected chi connectivity index (χ0v) is 15.0. The number of primary amides is 1. The van der Waals surface area contributed by atoms with Crippen LogP contribution in [0.2, 0.25) is 0 Å². The summed E-state index contributed by atoms with van der Waals surface area (Å²) in [6.45, 7) is 4.35. The Balaban J connectivity index is 1.72. The van der Waals surface area contributed by atoms with Gasteiger partial charge in [-0.3, -0.25) is 9.59 Å². The minimum Gasteiger partial charge on any atom is -0.491 e. The van der Waals surface area contributed by atoms with Crippen LogP contribution in [0.15, 0.2) is 48.5 Å². The van der Waals surface area contributed by atoms with E-state index in [0.29, 0.717) is 24.3 Å². The lowest BCUT2D eigenvalue weighted by molar-refractivity contribution is -0.123. The maximum atomic E-state index is 11.9. The molecule has 2 aromatic carbocycles. The van der Waals surface area contributed by atoms with E-state index in [4.69, 9.17) is 15.2 Å². The highest BCUT2D eigenvalue weighted by molar-refractivity contribution is 5.93. The van der Waals surface area contributed by atoms with Crippen LogP contribution in [0.25, 0.3) is 0 Å². The van der Waals surface area contributed by atoms with Crippen molar-refractivity contribution in [1.82, 2.24) is 5.32 Å². The number of carbonyl (C=O) groups excluding carboxylic acids is 2. The third-order valence-corrected chi connectivity index (χ3v) is 3.52. The molecule has 0 unspecified atom stereocenters. The summed E-state index contributed by atoms with van der Waals surface area (Å²) in [4.78, 5) is 23.0. The van der Waals surface area contributed by atoms with E-state index in [1.54, 1.807) is 18.2 Å².